The molecule has 0 aliphatic carbocycles. The van der Waals surface area contributed by atoms with Crippen LogP contribution in [0.4, 0.5) is 4.79 Å². The Labute approximate surface area is 165 Å². The molecule has 148 valence electrons. The molecule has 0 aromatic heterocycles. The van der Waals surface area contributed by atoms with Gasteiger partial charge in [-0.1, -0.05) is 30.3 Å². The Hall–Kier alpha value is -1.73. The summed E-state index contributed by atoms with van der Waals surface area (Å²) in [5.41, 5.74) is 0.607. The molecular weight excluding hydrogens is 362 g/mol. The second-order valence-electron chi connectivity index (χ2n) is 8.09. The number of rotatable bonds is 4. The van der Waals surface area contributed by atoms with Gasteiger partial charge in [-0.2, -0.15) is 0 Å². The number of hydrogen-bond acceptors (Lipinski definition) is 5. The number of thioether (sulfide) groups is 1. The first-order valence-corrected chi connectivity index (χ1v) is 10.6. The van der Waals surface area contributed by atoms with E-state index in [0.29, 0.717) is 25.4 Å². The van der Waals surface area contributed by atoms with Gasteiger partial charge in [-0.05, 0) is 32.8 Å². The molecule has 3 rings (SSSR count). The van der Waals surface area contributed by atoms with E-state index in [1.165, 1.54) is 5.56 Å². The molecule has 27 heavy (non-hydrogen) atoms. The number of benzene rings is 1. The fourth-order valence-electron chi connectivity index (χ4n) is 3.40. The van der Waals surface area contributed by atoms with Crippen LogP contribution in [-0.4, -0.2) is 64.2 Å². The summed E-state index contributed by atoms with van der Waals surface area (Å²) in [5.74, 6) is 1.70. The van der Waals surface area contributed by atoms with Crippen molar-refractivity contribution < 1.29 is 14.3 Å². The lowest BCUT2D eigenvalue weighted by molar-refractivity contribution is -0.134. The zero-order valence-corrected chi connectivity index (χ0v) is 17.1. The van der Waals surface area contributed by atoms with E-state index in [4.69, 9.17) is 4.74 Å². The van der Waals surface area contributed by atoms with Crippen LogP contribution in [0.1, 0.15) is 32.8 Å². The second kappa shape index (κ2) is 8.52. The molecule has 6 nitrogen and oxygen atoms in total. The van der Waals surface area contributed by atoms with E-state index >= 15 is 0 Å². The quantitative estimate of drug-likeness (QED) is 0.855. The zero-order valence-electron chi connectivity index (χ0n) is 16.3. The van der Waals surface area contributed by atoms with Gasteiger partial charge >= 0.3 is 6.09 Å². The molecule has 0 spiro atoms. The van der Waals surface area contributed by atoms with Gasteiger partial charge in [-0.25, -0.2) is 4.79 Å². The Kier molecular flexibility index (Phi) is 6.32. The number of hydrogen-bond donors (Lipinski definition) is 1. The summed E-state index contributed by atoms with van der Waals surface area (Å²) in [6, 6.07) is 9.77. The van der Waals surface area contributed by atoms with Crippen molar-refractivity contribution in [2.75, 3.05) is 24.7 Å². The maximum absolute atomic E-state index is 13.0. The van der Waals surface area contributed by atoms with E-state index in [0.717, 1.165) is 12.3 Å². The van der Waals surface area contributed by atoms with Crippen molar-refractivity contribution >= 4 is 23.8 Å². The highest BCUT2D eigenvalue weighted by atomic mass is 32.2. The number of carbonyl (C=O) groups excluding carboxylic acids is 2. The van der Waals surface area contributed by atoms with Crippen LogP contribution >= 0.6 is 11.8 Å². The van der Waals surface area contributed by atoms with Crippen LogP contribution in [0.15, 0.2) is 30.3 Å². The number of likely N-dealkylation sites (tertiary alicyclic amines) is 1. The summed E-state index contributed by atoms with van der Waals surface area (Å²) in [5, 5.41) is 3.50. The van der Waals surface area contributed by atoms with Crippen molar-refractivity contribution in [1.82, 2.24) is 15.1 Å². The fourth-order valence-corrected chi connectivity index (χ4v) is 4.35. The molecule has 1 aromatic carbocycles. The monoisotopic (exact) mass is 391 g/mol. The maximum atomic E-state index is 13.0. The molecule has 0 saturated carbocycles. The van der Waals surface area contributed by atoms with Gasteiger partial charge in [0.1, 0.15) is 11.6 Å². The molecule has 7 heteroatoms. The summed E-state index contributed by atoms with van der Waals surface area (Å²) >= 11 is 1.75. The molecule has 2 aliphatic heterocycles. The van der Waals surface area contributed by atoms with E-state index < -0.39 is 17.7 Å². The van der Waals surface area contributed by atoms with Crippen LogP contribution in [-0.2, 0) is 16.1 Å². The largest absolute Gasteiger partial charge is 0.444 e. The smallest absolute Gasteiger partial charge is 0.411 e. The maximum Gasteiger partial charge on any atom is 0.411 e. The fraction of sp³-hybridized carbons (Fsp3) is 0.600. The summed E-state index contributed by atoms with van der Waals surface area (Å²) in [4.78, 5) is 29.2. The highest BCUT2D eigenvalue weighted by Gasteiger charge is 2.43. The van der Waals surface area contributed by atoms with Crippen molar-refractivity contribution in [1.29, 1.82) is 0 Å². The van der Waals surface area contributed by atoms with Crippen LogP contribution < -0.4 is 5.32 Å². The van der Waals surface area contributed by atoms with E-state index in [1.807, 2.05) is 43.9 Å². The first-order chi connectivity index (χ1) is 12.8. The van der Waals surface area contributed by atoms with Gasteiger partial charge in [0.05, 0.1) is 5.88 Å². The number of amides is 2. The van der Waals surface area contributed by atoms with Crippen molar-refractivity contribution in [3.8, 4) is 0 Å². The molecule has 2 fully saturated rings. The summed E-state index contributed by atoms with van der Waals surface area (Å²) in [6.07, 6.45) is 0.211. The molecule has 2 amide bonds. The van der Waals surface area contributed by atoms with E-state index in [2.05, 4.69) is 17.4 Å². The third kappa shape index (κ3) is 5.39. The molecule has 1 N–H and O–H groups in total. The Bertz CT molecular complexity index is 656. The topological polar surface area (TPSA) is 61.9 Å². The van der Waals surface area contributed by atoms with E-state index in [-0.39, 0.29) is 11.9 Å². The normalized spacial score (nSPS) is 22.9. The number of ether oxygens (including phenoxy) is 1. The first-order valence-electron chi connectivity index (χ1n) is 9.47. The summed E-state index contributed by atoms with van der Waals surface area (Å²) in [7, 11) is 0. The lowest BCUT2D eigenvalue weighted by Crippen LogP contribution is -2.48. The van der Waals surface area contributed by atoms with Crippen LogP contribution in [0.2, 0.25) is 0 Å². The van der Waals surface area contributed by atoms with E-state index in [1.54, 1.807) is 16.7 Å². The van der Waals surface area contributed by atoms with Crippen molar-refractivity contribution in [3.05, 3.63) is 35.9 Å². The minimum absolute atomic E-state index is 0.0369. The van der Waals surface area contributed by atoms with Crippen LogP contribution in [0.25, 0.3) is 0 Å². The molecule has 1 aromatic rings. The average molecular weight is 392 g/mol. The van der Waals surface area contributed by atoms with Gasteiger partial charge in [0, 0.05) is 31.4 Å². The van der Waals surface area contributed by atoms with Gasteiger partial charge in [-0.15, -0.1) is 11.8 Å². The van der Waals surface area contributed by atoms with Gasteiger partial charge in [0.15, 0.2) is 0 Å². The predicted octanol–water partition coefficient (Wildman–Crippen LogP) is 2.69. The number of nitrogens with one attached hydrogen (secondary N) is 1. The highest BCUT2D eigenvalue weighted by molar-refractivity contribution is 7.99. The van der Waals surface area contributed by atoms with Crippen LogP contribution in [0, 0.1) is 0 Å². The lowest BCUT2D eigenvalue weighted by atomic mass is 10.1. The molecule has 2 unspecified atom stereocenters. The number of carbonyl (C=O) groups is 2. The second-order valence-corrected chi connectivity index (χ2v) is 9.16. The Balaban J connectivity index is 1.67. The minimum Gasteiger partial charge on any atom is -0.444 e. The molecule has 2 aliphatic rings. The van der Waals surface area contributed by atoms with Crippen molar-refractivity contribution in [3.63, 3.8) is 0 Å². The first kappa shape index (κ1) is 20.0. The molecule has 2 atom stereocenters. The van der Waals surface area contributed by atoms with Gasteiger partial charge < -0.3 is 15.0 Å². The molecule has 2 saturated heterocycles. The number of nitrogens with zero attached hydrogens (tertiary/aromatic N) is 2. The van der Waals surface area contributed by atoms with Gasteiger partial charge in [0.25, 0.3) is 0 Å². The molecule has 2 heterocycles. The summed E-state index contributed by atoms with van der Waals surface area (Å²) < 4.78 is 5.56. The van der Waals surface area contributed by atoms with Gasteiger partial charge in [-0.3, -0.25) is 9.69 Å². The average Bonchev–Trinajstić information content (AvgIpc) is 3.29. The zero-order chi connectivity index (χ0) is 19.4. The van der Waals surface area contributed by atoms with E-state index in [9.17, 15) is 9.59 Å². The highest BCUT2D eigenvalue weighted by Crippen LogP contribution is 2.25. The Morgan fingerprint density at radius 2 is 2.00 bits per heavy atom. The SMILES string of the molecule is CC(C)(C)OC(=O)N1CC(NCc2ccccc2)CC1C(=O)N1CCSC1. The van der Waals surface area contributed by atoms with Crippen molar-refractivity contribution in [2.45, 2.75) is 51.4 Å². The Morgan fingerprint density at radius 1 is 1.26 bits per heavy atom. The molecule has 0 bridgehead atoms. The molecule has 0 radical (unpaired) electrons. The van der Waals surface area contributed by atoms with Gasteiger partial charge in [0.2, 0.25) is 5.91 Å². The standard InChI is InChI=1S/C20H29N3O3S/c1-20(2,3)26-19(25)23-13-16(21-12-15-7-5-4-6-8-15)11-17(23)18(24)22-9-10-27-14-22/h4-8,16-17,21H,9-14H2,1-3H3. The summed E-state index contributed by atoms with van der Waals surface area (Å²) in [6.45, 7) is 7.50. The van der Waals surface area contributed by atoms with Crippen LogP contribution in [0.5, 0.6) is 0 Å². The Morgan fingerprint density at radius 3 is 2.63 bits per heavy atom. The third-order valence-electron chi connectivity index (χ3n) is 4.72. The van der Waals surface area contributed by atoms with Crippen molar-refractivity contribution in [2.24, 2.45) is 0 Å². The lowest BCUT2D eigenvalue weighted by Gasteiger charge is -2.29. The molecular formula is C20H29N3O3S. The third-order valence-corrected chi connectivity index (χ3v) is 5.68. The van der Waals surface area contributed by atoms with Crippen LogP contribution in [0.3, 0.4) is 0 Å². The predicted molar refractivity (Wildman–Crippen MR) is 107 cm³/mol. The minimum atomic E-state index is -0.580.